The number of hydrogen-bond donors (Lipinski definition) is 1. The van der Waals surface area contributed by atoms with Crippen molar-refractivity contribution in [1.82, 2.24) is 0 Å². The van der Waals surface area contributed by atoms with E-state index in [1.165, 1.54) is 17.1 Å². The van der Waals surface area contributed by atoms with Crippen LogP contribution in [0.1, 0.15) is 28.6 Å². The largest absolute Gasteiger partial charge is 0.478 e. The van der Waals surface area contributed by atoms with Gasteiger partial charge in [-0.1, -0.05) is 23.7 Å². The van der Waals surface area contributed by atoms with E-state index in [2.05, 4.69) is 5.10 Å². The number of amides is 1. The number of hydrogen-bond acceptors (Lipinski definition) is 4. The van der Waals surface area contributed by atoms with Crippen molar-refractivity contribution in [2.24, 2.45) is 5.10 Å². The zero-order chi connectivity index (χ0) is 21.4. The number of anilines is 1. The molecule has 1 amide bonds. The van der Waals surface area contributed by atoms with E-state index in [0.717, 1.165) is 11.1 Å². The Labute approximate surface area is 177 Å². The number of hydrazone groups is 1. The van der Waals surface area contributed by atoms with Crippen molar-refractivity contribution in [2.75, 3.05) is 5.01 Å². The molecule has 0 saturated carbocycles. The average molecular weight is 421 g/mol. The van der Waals surface area contributed by atoms with Crippen LogP contribution in [0.5, 0.6) is 0 Å². The van der Waals surface area contributed by atoms with E-state index in [1.807, 2.05) is 31.2 Å². The van der Waals surface area contributed by atoms with E-state index in [0.29, 0.717) is 33.5 Å². The van der Waals surface area contributed by atoms with E-state index in [1.54, 1.807) is 31.2 Å². The summed E-state index contributed by atoms with van der Waals surface area (Å²) in [5.74, 6) is -0.168. The number of carboxylic acids is 1. The molecule has 1 aliphatic rings. The quantitative estimate of drug-likeness (QED) is 0.572. The third-order valence-electron chi connectivity index (χ3n) is 4.87. The number of halogens is 1. The van der Waals surface area contributed by atoms with Gasteiger partial charge in [-0.05, 0) is 68.0 Å². The highest BCUT2D eigenvalue weighted by molar-refractivity contribution is 6.32. The summed E-state index contributed by atoms with van der Waals surface area (Å²) in [7, 11) is 0. The van der Waals surface area contributed by atoms with Gasteiger partial charge in [-0.25, -0.2) is 4.79 Å². The fraction of sp³-hybridized carbons (Fsp3) is 0.0870. The number of furan rings is 1. The number of carboxylic acid groups (broad SMARTS) is 1. The Morgan fingerprint density at radius 3 is 2.53 bits per heavy atom. The van der Waals surface area contributed by atoms with Crippen LogP contribution in [0.15, 0.2) is 69.7 Å². The van der Waals surface area contributed by atoms with Crippen LogP contribution in [0.3, 0.4) is 0 Å². The molecule has 150 valence electrons. The normalized spacial score (nSPS) is 15.0. The molecule has 2 heterocycles. The van der Waals surface area contributed by atoms with Crippen molar-refractivity contribution in [3.63, 3.8) is 0 Å². The first-order valence-electron chi connectivity index (χ1n) is 9.15. The van der Waals surface area contributed by atoms with E-state index in [4.69, 9.17) is 21.1 Å². The molecule has 6 nitrogen and oxygen atoms in total. The Balaban J connectivity index is 1.61. The second-order valence-electron chi connectivity index (χ2n) is 6.83. The first kappa shape index (κ1) is 19.7. The van der Waals surface area contributed by atoms with Crippen LogP contribution in [-0.2, 0) is 4.79 Å². The Bertz CT molecular complexity index is 1220. The Hall–Kier alpha value is -3.64. The highest BCUT2D eigenvalue weighted by Gasteiger charge is 2.29. The lowest BCUT2D eigenvalue weighted by atomic mass is 10.1. The lowest BCUT2D eigenvalue weighted by Gasteiger charge is -2.11. The molecule has 0 atom stereocenters. The minimum absolute atomic E-state index is 0.140. The lowest BCUT2D eigenvalue weighted by Crippen LogP contribution is -2.21. The van der Waals surface area contributed by atoms with Gasteiger partial charge in [0.2, 0.25) is 0 Å². The second kappa shape index (κ2) is 7.65. The van der Waals surface area contributed by atoms with Crippen LogP contribution in [0.2, 0.25) is 5.02 Å². The standard InChI is InChI=1S/C23H17ClN2O4/c1-13-18(4-3-5-20(13)24)21-11-10-17(30-21)12-19-14(2)25-26(22(19)27)16-8-6-15(7-9-16)23(28)29/h3-12H,1-2H3,(H,28,29)/b19-12-. The van der Waals surface area contributed by atoms with Gasteiger partial charge in [-0.3, -0.25) is 4.79 Å². The van der Waals surface area contributed by atoms with Gasteiger partial charge < -0.3 is 9.52 Å². The molecular formula is C23H17ClN2O4. The molecule has 4 rings (SSSR count). The van der Waals surface area contributed by atoms with Crippen molar-refractivity contribution in [1.29, 1.82) is 0 Å². The van der Waals surface area contributed by atoms with E-state index in [-0.39, 0.29) is 11.5 Å². The Kier molecular flexibility index (Phi) is 5.01. The molecule has 1 aromatic heterocycles. The van der Waals surface area contributed by atoms with Gasteiger partial charge >= 0.3 is 5.97 Å². The molecule has 30 heavy (non-hydrogen) atoms. The SMILES string of the molecule is CC1=NN(c2ccc(C(=O)O)cc2)C(=O)/C1=C\c1ccc(-c2cccc(Cl)c2C)o1. The van der Waals surface area contributed by atoms with Gasteiger partial charge in [0, 0.05) is 10.6 Å². The molecule has 0 unspecified atom stereocenters. The fourth-order valence-corrected chi connectivity index (χ4v) is 3.37. The summed E-state index contributed by atoms with van der Waals surface area (Å²) in [6, 6.07) is 15.2. The fourth-order valence-electron chi connectivity index (χ4n) is 3.20. The Morgan fingerprint density at radius 2 is 1.83 bits per heavy atom. The van der Waals surface area contributed by atoms with Crippen molar-refractivity contribution in [2.45, 2.75) is 13.8 Å². The predicted molar refractivity (Wildman–Crippen MR) is 116 cm³/mol. The molecule has 1 aliphatic heterocycles. The lowest BCUT2D eigenvalue weighted by molar-refractivity contribution is -0.114. The summed E-state index contributed by atoms with van der Waals surface area (Å²) in [4.78, 5) is 23.9. The third-order valence-corrected chi connectivity index (χ3v) is 5.28. The first-order chi connectivity index (χ1) is 14.3. The van der Waals surface area contributed by atoms with Crippen molar-refractivity contribution in [3.05, 3.63) is 82.1 Å². The minimum Gasteiger partial charge on any atom is -0.478 e. The summed E-state index contributed by atoms with van der Waals surface area (Å²) in [6.45, 7) is 3.66. The molecule has 2 aromatic carbocycles. The van der Waals surface area contributed by atoms with Crippen LogP contribution in [0.4, 0.5) is 5.69 Å². The van der Waals surface area contributed by atoms with Crippen LogP contribution < -0.4 is 5.01 Å². The molecule has 1 N–H and O–H groups in total. The van der Waals surface area contributed by atoms with Gasteiger partial charge in [-0.15, -0.1) is 0 Å². The topological polar surface area (TPSA) is 83.1 Å². The maximum Gasteiger partial charge on any atom is 0.335 e. The molecule has 7 heteroatoms. The highest BCUT2D eigenvalue weighted by Crippen LogP contribution is 2.31. The van der Waals surface area contributed by atoms with Gasteiger partial charge in [0.25, 0.3) is 5.91 Å². The van der Waals surface area contributed by atoms with Gasteiger partial charge in [-0.2, -0.15) is 10.1 Å². The highest BCUT2D eigenvalue weighted by atomic mass is 35.5. The van der Waals surface area contributed by atoms with E-state index < -0.39 is 5.97 Å². The number of carbonyl (C=O) groups is 2. The van der Waals surface area contributed by atoms with E-state index >= 15 is 0 Å². The van der Waals surface area contributed by atoms with Crippen molar-refractivity contribution in [3.8, 4) is 11.3 Å². The summed E-state index contributed by atoms with van der Waals surface area (Å²) in [6.07, 6.45) is 1.65. The first-order valence-corrected chi connectivity index (χ1v) is 9.53. The molecule has 0 radical (unpaired) electrons. The monoisotopic (exact) mass is 420 g/mol. The molecule has 0 fully saturated rings. The van der Waals surface area contributed by atoms with Crippen LogP contribution >= 0.6 is 11.6 Å². The number of carbonyl (C=O) groups excluding carboxylic acids is 1. The smallest absolute Gasteiger partial charge is 0.335 e. The molecule has 3 aromatic rings. The summed E-state index contributed by atoms with van der Waals surface area (Å²) >= 11 is 6.20. The second-order valence-corrected chi connectivity index (χ2v) is 7.23. The maximum atomic E-state index is 12.9. The van der Waals surface area contributed by atoms with Crippen LogP contribution in [0, 0.1) is 6.92 Å². The molecular weight excluding hydrogens is 404 g/mol. The van der Waals surface area contributed by atoms with Gasteiger partial charge in [0.05, 0.1) is 22.5 Å². The number of aromatic carboxylic acids is 1. The van der Waals surface area contributed by atoms with Crippen LogP contribution in [-0.4, -0.2) is 22.7 Å². The molecule has 0 spiro atoms. The molecule has 0 saturated heterocycles. The average Bonchev–Trinajstić information content (AvgIpc) is 3.30. The van der Waals surface area contributed by atoms with Crippen molar-refractivity contribution >= 4 is 41.0 Å². The zero-order valence-corrected chi connectivity index (χ0v) is 17.0. The third kappa shape index (κ3) is 3.53. The molecule has 0 bridgehead atoms. The number of benzene rings is 2. The summed E-state index contributed by atoms with van der Waals surface area (Å²) in [5.41, 5.74) is 3.37. The van der Waals surface area contributed by atoms with Gasteiger partial charge in [0.15, 0.2) is 0 Å². The summed E-state index contributed by atoms with van der Waals surface area (Å²) < 4.78 is 5.92. The minimum atomic E-state index is -1.03. The van der Waals surface area contributed by atoms with Crippen LogP contribution in [0.25, 0.3) is 17.4 Å². The van der Waals surface area contributed by atoms with Gasteiger partial charge in [0.1, 0.15) is 11.5 Å². The molecule has 0 aliphatic carbocycles. The van der Waals surface area contributed by atoms with E-state index in [9.17, 15) is 9.59 Å². The number of nitrogens with zero attached hydrogens (tertiary/aromatic N) is 2. The Morgan fingerprint density at radius 1 is 1.10 bits per heavy atom. The number of rotatable bonds is 4. The summed E-state index contributed by atoms with van der Waals surface area (Å²) in [5, 5.41) is 15.2. The predicted octanol–water partition coefficient (Wildman–Crippen LogP) is 5.41. The van der Waals surface area contributed by atoms with Crippen molar-refractivity contribution < 1.29 is 19.1 Å². The zero-order valence-electron chi connectivity index (χ0n) is 16.2. The maximum absolute atomic E-state index is 12.9.